The zero-order chi connectivity index (χ0) is 10.9. The summed E-state index contributed by atoms with van der Waals surface area (Å²) >= 11 is 0. The van der Waals surface area contributed by atoms with Gasteiger partial charge in [0.1, 0.15) is 0 Å². The first kappa shape index (κ1) is 11.2. The molecule has 0 N–H and O–H groups in total. The summed E-state index contributed by atoms with van der Waals surface area (Å²) in [5, 5.41) is 0. The molecular formula is C13H14O2. The van der Waals surface area contributed by atoms with Crippen molar-refractivity contribution in [1.29, 1.82) is 0 Å². The molecule has 2 heteroatoms. The Morgan fingerprint density at radius 2 is 2.00 bits per heavy atom. The van der Waals surface area contributed by atoms with Crippen molar-refractivity contribution >= 4 is 12.0 Å². The van der Waals surface area contributed by atoms with Crippen LogP contribution < -0.4 is 0 Å². The van der Waals surface area contributed by atoms with Crippen LogP contribution >= 0.6 is 0 Å². The number of allylic oxidation sites excluding steroid dienone is 2. The minimum absolute atomic E-state index is 0.317. The van der Waals surface area contributed by atoms with Crippen molar-refractivity contribution in [3.8, 4) is 0 Å². The van der Waals surface area contributed by atoms with Gasteiger partial charge in [-0.15, -0.1) is 0 Å². The Balaban J connectivity index is 2.35. The highest BCUT2D eigenvalue weighted by Crippen LogP contribution is 2.01. The highest BCUT2D eigenvalue weighted by Gasteiger charge is 1.87. The minimum atomic E-state index is -0.317. The number of methoxy groups -OCH3 is 1. The number of carbonyl (C=O) groups excluding carboxylic acids is 1. The Kier molecular flexibility index (Phi) is 4.95. The molecule has 1 aromatic rings. The summed E-state index contributed by atoms with van der Waals surface area (Å²) in [6, 6.07) is 10.0. The van der Waals surface area contributed by atoms with Crippen molar-refractivity contribution in [3.63, 3.8) is 0 Å². The molecule has 0 bridgehead atoms. The lowest BCUT2D eigenvalue weighted by molar-refractivity contribution is -0.134. The smallest absolute Gasteiger partial charge is 0.330 e. The molecule has 1 aromatic carbocycles. The predicted molar refractivity (Wildman–Crippen MR) is 61.2 cm³/mol. The lowest BCUT2D eigenvalue weighted by atomic mass is 10.2. The molecule has 0 saturated heterocycles. The van der Waals surface area contributed by atoms with Crippen molar-refractivity contribution in [2.24, 2.45) is 0 Å². The highest BCUT2D eigenvalue weighted by molar-refractivity contribution is 5.81. The van der Waals surface area contributed by atoms with Crippen molar-refractivity contribution in [2.45, 2.75) is 6.42 Å². The maximum absolute atomic E-state index is 10.7. The Morgan fingerprint density at radius 3 is 2.67 bits per heavy atom. The largest absolute Gasteiger partial charge is 0.466 e. The SMILES string of the molecule is COC(=O)C=CCC=Cc1ccccc1. The summed E-state index contributed by atoms with van der Waals surface area (Å²) in [7, 11) is 1.37. The van der Waals surface area contributed by atoms with Gasteiger partial charge in [-0.2, -0.15) is 0 Å². The van der Waals surface area contributed by atoms with Crippen LogP contribution in [-0.2, 0) is 9.53 Å². The second kappa shape index (κ2) is 6.60. The first-order chi connectivity index (χ1) is 7.33. The summed E-state index contributed by atoms with van der Waals surface area (Å²) in [4.78, 5) is 10.7. The van der Waals surface area contributed by atoms with Gasteiger partial charge in [0.05, 0.1) is 7.11 Å². The fourth-order valence-corrected chi connectivity index (χ4v) is 1.08. The quantitative estimate of drug-likeness (QED) is 0.554. The molecule has 0 radical (unpaired) electrons. The number of ether oxygens (including phenoxy) is 1. The molecule has 0 aliphatic carbocycles. The van der Waals surface area contributed by atoms with E-state index in [1.54, 1.807) is 6.08 Å². The van der Waals surface area contributed by atoms with Gasteiger partial charge in [-0.1, -0.05) is 48.6 Å². The normalized spacial score (nSPS) is 11.0. The maximum atomic E-state index is 10.7. The topological polar surface area (TPSA) is 26.3 Å². The maximum Gasteiger partial charge on any atom is 0.330 e. The average molecular weight is 202 g/mol. The van der Waals surface area contributed by atoms with Crippen LogP contribution in [-0.4, -0.2) is 13.1 Å². The number of carbonyl (C=O) groups is 1. The molecule has 1 rings (SSSR count). The zero-order valence-electron chi connectivity index (χ0n) is 8.72. The number of hydrogen-bond acceptors (Lipinski definition) is 2. The average Bonchev–Trinajstić information content (AvgIpc) is 2.29. The Hall–Kier alpha value is -1.83. The van der Waals surface area contributed by atoms with Crippen LogP contribution in [0.2, 0.25) is 0 Å². The van der Waals surface area contributed by atoms with E-state index in [1.165, 1.54) is 13.2 Å². The van der Waals surface area contributed by atoms with Crippen LogP contribution in [0.1, 0.15) is 12.0 Å². The lowest BCUT2D eigenvalue weighted by Gasteiger charge is -1.90. The van der Waals surface area contributed by atoms with E-state index < -0.39 is 0 Å². The van der Waals surface area contributed by atoms with Crippen LogP contribution in [0.3, 0.4) is 0 Å². The third-order valence-electron chi connectivity index (χ3n) is 1.84. The summed E-state index contributed by atoms with van der Waals surface area (Å²) in [5.41, 5.74) is 1.16. The van der Waals surface area contributed by atoms with E-state index in [0.717, 1.165) is 12.0 Å². The molecule has 2 nitrogen and oxygen atoms in total. The van der Waals surface area contributed by atoms with E-state index in [-0.39, 0.29) is 5.97 Å². The summed E-state index contributed by atoms with van der Waals surface area (Å²) in [5.74, 6) is -0.317. The first-order valence-corrected chi connectivity index (χ1v) is 4.79. The van der Waals surface area contributed by atoms with E-state index in [2.05, 4.69) is 4.74 Å². The summed E-state index contributed by atoms with van der Waals surface area (Å²) < 4.78 is 4.47. The van der Waals surface area contributed by atoms with Crippen LogP contribution in [0.15, 0.2) is 48.6 Å². The molecule has 0 unspecified atom stereocenters. The monoisotopic (exact) mass is 202 g/mol. The molecule has 0 amide bonds. The first-order valence-electron chi connectivity index (χ1n) is 4.79. The van der Waals surface area contributed by atoms with E-state index in [4.69, 9.17) is 0 Å². The standard InChI is InChI=1S/C13H14O2/c1-15-13(14)11-7-3-6-10-12-8-4-2-5-9-12/h2,4-11H,3H2,1H3. The molecule has 0 aromatic heterocycles. The molecule has 0 atom stereocenters. The molecule has 0 spiro atoms. The number of benzene rings is 1. The van der Waals surface area contributed by atoms with E-state index >= 15 is 0 Å². The molecule has 0 fully saturated rings. The Bertz CT molecular complexity index is 350. The van der Waals surface area contributed by atoms with E-state index in [1.807, 2.05) is 42.5 Å². The van der Waals surface area contributed by atoms with Crippen LogP contribution in [0.25, 0.3) is 6.08 Å². The Morgan fingerprint density at radius 1 is 1.27 bits per heavy atom. The van der Waals surface area contributed by atoms with Gasteiger partial charge in [-0.25, -0.2) is 4.79 Å². The van der Waals surface area contributed by atoms with E-state index in [9.17, 15) is 4.79 Å². The fourth-order valence-electron chi connectivity index (χ4n) is 1.08. The third kappa shape index (κ3) is 4.81. The van der Waals surface area contributed by atoms with Crippen molar-refractivity contribution in [1.82, 2.24) is 0 Å². The van der Waals surface area contributed by atoms with Gasteiger partial charge in [0.2, 0.25) is 0 Å². The second-order valence-corrected chi connectivity index (χ2v) is 2.97. The highest BCUT2D eigenvalue weighted by atomic mass is 16.5. The Labute approximate surface area is 89.9 Å². The van der Waals surface area contributed by atoms with Gasteiger partial charge in [0, 0.05) is 6.08 Å². The second-order valence-electron chi connectivity index (χ2n) is 2.97. The van der Waals surface area contributed by atoms with Gasteiger partial charge in [0.15, 0.2) is 0 Å². The summed E-state index contributed by atoms with van der Waals surface area (Å²) in [6.07, 6.45) is 7.93. The number of rotatable bonds is 4. The van der Waals surface area contributed by atoms with Gasteiger partial charge >= 0.3 is 5.97 Å². The number of hydrogen-bond donors (Lipinski definition) is 0. The third-order valence-corrected chi connectivity index (χ3v) is 1.84. The molecule has 15 heavy (non-hydrogen) atoms. The van der Waals surface area contributed by atoms with Gasteiger partial charge < -0.3 is 4.74 Å². The van der Waals surface area contributed by atoms with Gasteiger partial charge in [-0.05, 0) is 12.0 Å². The molecule has 0 aliphatic rings. The minimum Gasteiger partial charge on any atom is -0.466 e. The van der Waals surface area contributed by atoms with Gasteiger partial charge in [0.25, 0.3) is 0 Å². The van der Waals surface area contributed by atoms with Crippen molar-refractivity contribution in [3.05, 3.63) is 54.1 Å². The van der Waals surface area contributed by atoms with E-state index in [0.29, 0.717) is 0 Å². The molecule has 0 heterocycles. The van der Waals surface area contributed by atoms with Crippen LogP contribution in [0.4, 0.5) is 0 Å². The van der Waals surface area contributed by atoms with Crippen molar-refractivity contribution < 1.29 is 9.53 Å². The fraction of sp³-hybridized carbons (Fsp3) is 0.154. The summed E-state index contributed by atoms with van der Waals surface area (Å²) in [6.45, 7) is 0. The number of esters is 1. The molecule has 0 saturated carbocycles. The molecule has 78 valence electrons. The molecular weight excluding hydrogens is 188 g/mol. The van der Waals surface area contributed by atoms with Crippen LogP contribution in [0, 0.1) is 0 Å². The van der Waals surface area contributed by atoms with Gasteiger partial charge in [-0.3, -0.25) is 0 Å². The lowest BCUT2D eigenvalue weighted by Crippen LogP contribution is -1.92. The molecule has 0 aliphatic heterocycles. The van der Waals surface area contributed by atoms with Crippen LogP contribution in [0.5, 0.6) is 0 Å². The van der Waals surface area contributed by atoms with Crippen molar-refractivity contribution in [2.75, 3.05) is 7.11 Å². The predicted octanol–water partition coefficient (Wildman–Crippen LogP) is 2.82. The zero-order valence-corrected chi connectivity index (χ0v) is 8.72.